The minimum atomic E-state index is 0.590. The largest absolute Gasteiger partial charge is 0.381 e. The molecule has 1 N–H and O–H groups in total. The minimum Gasteiger partial charge on any atom is -0.381 e. The van der Waals surface area contributed by atoms with Gasteiger partial charge in [0.05, 0.1) is 12.3 Å². The Kier molecular flexibility index (Phi) is 6.27. The summed E-state index contributed by atoms with van der Waals surface area (Å²) in [4.78, 5) is 23.0. The first kappa shape index (κ1) is 20.6. The molecule has 8 heteroatoms. The van der Waals surface area contributed by atoms with Crippen molar-refractivity contribution in [3.05, 3.63) is 35.4 Å². The van der Waals surface area contributed by atoms with Crippen molar-refractivity contribution in [3.63, 3.8) is 0 Å². The lowest BCUT2D eigenvalue weighted by atomic mass is 9.97. The van der Waals surface area contributed by atoms with Crippen molar-refractivity contribution in [2.45, 2.75) is 39.2 Å². The first-order valence-electron chi connectivity index (χ1n) is 11.7. The number of fused-ring (bicyclic) bond motifs is 1. The smallest absolute Gasteiger partial charge is 0.225 e. The first-order chi connectivity index (χ1) is 15.3. The minimum absolute atomic E-state index is 0.590. The van der Waals surface area contributed by atoms with Gasteiger partial charge in [-0.25, -0.2) is 19.9 Å². The van der Waals surface area contributed by atoms with E-state index in [1.165, 1.54) is 16.8 Å². The fourth-order valence-electron chi connectivity index (χ4n) is 4.61. The second kappa shape index (κ2) is 9.44. The molecule has 0 aliphatic carbocycles. The van der Waals surface area contributed by atoms with Gasteiger partial charge in [-0.2, -0.15) is 0 Å². The molecule has 0 radical (unpaired) electrons. The highest BCUT2D eigenvalue weighted by atomic mass is 16.5. The van der Waals surface area contributed by atoms with Crippen LogP contribution in [0.3, 0.4) is 0 Å². The van der Waals surface area contributed by atoms with Gasteiger partial charge in [-0.1, -0.05) is 6.92 Å². The number of aryl methyl sites for hydroxylation is 1. The molecule has 31 heavy (non-hydrogen) atoms. The monoisotopic (exact) mass is 423 g/mol. The summed E-state index contributed by atoms with van der Waals surface area (Å²) in [6.07, 6.45) is 10.2. The molecule has 0 amide bonds. The van der Waals surface area contributed by atoms with Crippen LogP contribution < -0.4 is 15.1 Å². The maximum Gasteiger partial charge on any atom is 0.225 e. The van der Waals surface area contributed by atoms with E-state index >= 15 is 0 Å². The summed E-state index contributed by atoms with van der Waals surface area (Å²) in [6, 6.07) is 0. The quantitative estimate of drug-likeness (QED) is 0.723. The van der Waals surface area contributed by atoms with E-state index < -0.39 is 0 Å². The van der Waals surface area contributed by atoms with Crippen LogP contribution in [0.4, 0.5) is 11.9 Å². The Morgan fingerprint density at radius 2 is 1.71 bits per heavy atom. The molecular weight excluding hydrogens is 390 g/mol. The second-order valence-electron chi connectivity index (χ2n) is 9.05. The third-order valence-corrected chi connectivity index (χ3v) is 6.74. The van der Waals surface area contributed by atoms with Gasteiger partial charge in [0.15, 0.2) is 0 Å². The zero-order chi connectivity index (χ0) is 21.0. The van der Waals surface area contributed by atoms with Gasteiger partial charge in [-0.05, 0) is 30.7 Å². The van der Waals surface area contributed by atoms with Gasteiger partial charge >= 0.3 is 0 Å². The van der Waals surface area contributed by atoms with Crippen molar-refractivity contribution in [3.8, 4) is 0 Å². The number of rotatable bonds is 7. The molecule has 0 unspecified atom stereocenters. The van der Waals surface area contributed by atoms with Crippen LogP contribution >= 0.6 is 0 Å². The summed E-state index contributed by atoms with van der Waals surface area (Å²) in [7, 11) is 0. The van der Waals surface area contributed by atoms with Crippen LogP contribution in [-0.2, 0) is 24.1 Å². The Hall–Kier alpha value is -2.32. The average Bonchev–Trinajstić information content (AvgIpc) is 2.81. The van der Waals surface area contributed by atoms with Crippen molar-refractivity contribution in [1.82, 2.24) is 25.3 Å². The standard InChI is InChI=1S/C23H33N7O/c1-2-17-9-25-22(26-10-17)29-7-4-18(5-8-29)15-31-16-19-13-30(14-19)23-27-12-20-11-24-6-3-21(20)28-23/h9-10,12,18-19,24H,2-8,11,13-16H2,1H3. The fourth-order valence-corrected chi connectivity index (χ4v) is 4.61. The number of nitrogens with one attached hydrogen (secondary N) is 1. The van der Waals surface area contributed by atoms with E-state index in [4.69, 9.17) is 9.72 Å². The van der Waals surface area contributed by atoms with Crippen molar-refractivity contribution >= 4 is 11.9 Å². The van der Waals surface area contributed by atoms with Crippen LogP contribution in [0.15, 0.2) is 18.6 Å². The molecule has 2 saturated heterocycles. The Morgan fingerprint density at radius 3 is 2.48 bits per heavy atom. The number of anilines is 2. The van der Waals surface area contributed by atoms with Gasteiger partial charge in [0.25, 0.3) is 0 Å². The number of piperidine rings is 1. The normalized spacial score (nSPS) is 19.9. The predicted octanol–water partition coefficient (Wildman–Crippen LogP) is 1.84. The third kappa shape index (κ3) is 4.80. The zero-order valence-electron chi connectivity index (χ0n) is 18.5. The van der Waals surface area contributed by atoms with E-state index in [2.05, 4.69) is 37.0 Å². The molecule has 0 aromatic carbocycles. The molecule has 3 aliphatic rings. The van der Waals surface area contributed by atoms with Gasteiger partial charge in [0.2, 0.25) is 11.9 Å². The topological polar surface area (TPSA) is 79.3 Å². The lowest BCUT2D eigenvalue weighted by Gasteiger charge is -2.39. The maximum atomic E-state index is 6.10. The van der Waals surface area contributed by atoms with Crippen LogP contribution in [0.2, 0.25) is 0 Å². The van der Waals surface area contributed by atoms with Gasteiger partial charge in [0, 0.05) is 82.4 Å². The van der Waals surface area contributed by atoms with E-state index in [0.29, 0.717) is 11.8 Å². The summed E-state index contributed by atoms with van der Waals surface area (Å²) in [5, 5.41) is 3.37. The molecule has 5 rings (SSSR count). The summed E-state index contributed by atoms with van der Waals surface area (Å²) in [6.45, 7) is 9.77. The van der Waals surface area contributed by atoms with Gasteiger partial charge in [-0.3, -0.25) is 0 Å². The summed E-state index contributed by atoms with van der Waals surface area (Å²) in [5.74, 6) is 2.98. The zero-order valence-corrected chi connectivity index (χ0v) is 18.5. The highest BCUT2D eigenvalue weighted by Gasteiger charge is 2.30. The molecule has 0 saturated carbocycles. The van der Waals surface area contributed by atoms with Crippen LogP contribution in [0.5, 0.6) is 0 Å². The summed E-state index contributed by atoms with van der Waals surface area (Å²) >= 11 is 0. The van der Waals surface area contributed by atoms with E-state index in [0.717, 1.165) is 90.1 Å². The van der Waals surface area contributed by atoms with Crippen molar-refractivity contribution in [1.29, 1.82) is 0 Å². The third-order valence-electron chi connectivity index (χ3n) is 6.74. The number of nitrogens with zero attached hydrogens (tertiary/aromatic N) is 6. The Morgan fingerprint density at radius 1 is 0.968 bits per heavy atom. The van der Waals surface area contributed by atoms with E-state index in [-0.39, 0.29) is 0 Å². The Labute approximate surface area is 184 Å². The molecule has 2 aromatic heterocycles. The lowest BCUT2D eigenvalue weighted by Crippen LogP contribution is -2.50. The molecule has 166 valence electrons. The number of aromatic nitrogens is 4. The average molecular weight is 424 g/mol. The molecule has 3 aliphatic heterocycles. The predicted molar refractivity (Wildman–Crippen MR) is 120 cm³/mol. The van der Waals surface area contributed by atoms with E-state index in [9.17, 15) is 0 Å². The van der Waals surface area contributed by atoms with Crippen LogP contribution in [-0.4, -0.2) is 65.9 Å². The molecular formula is C23H33N7O. The van der Waals surface area contributed by atoms with Crippen molar-refractivity contribution in [2.24, 2.45) is 11.8 Å². The van der Waals surface area contributed by atoms with Crippen LogP contribution in [0, 0.1) is 11.8 Å². The van der Waals surface area contributed by atoms with Gasteiger partial charge < -0.3 is 19.9 Å². The number of hydrogen-bond acceptors (Lipinski definition) is 8. The van der Waals surface area contributed by atoms with Crippen LogP contribution in [0.25, 0.3) is 0 Å². The molecule has 5 heterocycles. The molecule has 0 atom stereocenters. The molecule has 0 spiro atoms. The molecule has 8 nitrogen and oxygen atoms in total. The van der Waals surface area contributed by atoms with Crippen molar-refractivity contribution < 1.29 is 4.74 Å². The van der Waals surface area contributed by atoms with Crippen molar-refractivity contribution in [2.75, 3.05) is 55.7 Å². The van der Waals surface area contributed by atoms with Crippen LogP contribution in [0.1, 0.15) is 36.6 Å². The lowest BCUT2D eigenvalue weighted by molar-refractivity contribution is 0.0564. The number of hydrogen-bond donors (Lipinski definition) is 1. The Bertz CT molecular complexity index is 861. The van der Waals surface area contributed by atoms with Gasteiger partial charge in [-0.15, -0.1) is 0 Å². The van der Waals surface area contributed by atoms with E-state index in [1.54, 1.807) is 0 Å². The number of ether oxygens (including phenoxy) is 1. The summed E-state index contributed by atoms with van der Waals surface area (Å²) < 4.78 is 6.10. The fraction of sp³-hybridized carbons (Fsp3) is 0.652. The Balaban J connectivity index is 1.000. The second-order valence-corrected chi connectivity index (χ2v) is 9.05. The maximum absolute atomic E-state index is 6.10. The highest BCUT2D eigenvalue weighted by molar-refractivity contribution is 5.37. The molecule has 0 bridgehead atoms. The SMILES string of the molecule is CCc1cnc(N2CCC(COCC3CN(c4ncc5c(n4)CCNC5)C3)CC2)nc1. The van der Waals surface area contributed by atoms with Gasteiger partial charge in [0.1, 0.15) is 0 Å². The van der Waals surface area contributed by atoms with E-state index in [1.807, 2.05) is 18.6 Å². The molecule has 2 aromatic rings. The summed E-state index contributed by atoms with van der Waals surface area (Å²) in [5.41, 5.74) is 3.64. The first-order valence-corrected chi connectivity index (χ1v) is 11.7. The highest BCUT2D eigenvalue weighted by Crippen LogP contribution is 2.25. The molecule has 2 fully saturated rings.